The van der Waals surface area contributed by atoms with E-state index in [4.69, 9.17) is 4.74 Å². The van der Waals surface area contributed by atoms with Crippen LogP contribution in [0.25, 0.3) is 0 Å². The van der Waals surface area contributed by atoms with Gasteiger partial charge in [0.15, 0.2) is 0 Å². The number of rotatable bonds is 4. The predicted octanol–water partition coefficient (Wildman–Crippen LogP) is 2.12. The second-order valence-electron chi connectivity index (χ2n) is 8.03. The zero-order valence-electron chi connectivity index (χ0n) is 16.1. The van der Waals surface area contributed by atoms with Gasteiger partial charge in [0.1, 0.15) is 12.1 Å². The summed E-state index contributed by atoms with van der Waals surface area (Å²) in [6.45, 7) is 6.41. The van der Waals surface area contributed by atoms with E-state index in [9.17, 15) is 14.4 Å². The molecule has 0 bridgehead atoms. The molecule has 7 heteroatoms. The standard InChI is InChI=1S/C19H31N3O4/c1-19(2,3)26-18(25)20-13-17(24)22-10-8-15(9-11-22)21-16(23)12-14-6-4-5-7-14/h12,15H,4-11,13H2,1-3H3,(H,20,25)(H,21,23). The van der Waals surface area contributed by atoms with Crippen molar-refractivity contribution in [3.05, 3.63) is 11.6 Å². The fourth-order valence-electron chi connectivity index (χ4n) is 3.25. The van der Waals surface area contributed by atoms with E-state index in [1.807, 2.05) is 0 Å². The smallest absolute Gasteiger partial charge is 0.408 e. The Morgan fingerprint density at radius 3 is 2.35 bits per heavy atom. The number of amides is 3. The number of likely N-dealkylation sites (tertiary alicyclic amines) is 1. The lowest BCUT2D eigenvalue weighted by Crippen LogP contribution is -2.49. The summed E-state index contributed by atoms with van der Waals surface area (Å²) in [5.74, 6) is -0.146. The number of carbonyl (C=O) groups is 3. The van der Waals surface area contributed by atoms with Crippen molar-refractivity contribution in [1.29, 1.82) is 0 Å². The molecule has 1 heterocycles. The fourth-order valence-corrected chi connectivity index (χ4v) is 3.25. The van der Waals surface area contributed by atoms with Gasteiger partial charge in [-0.05, 0) is 59.3 Å². The summed E-state index contributed by atoms with van der Waals surface area (Å²) in [7, 11) is 0. The Kier molecular flexibility index (Phi) is 7.06. The van der Waals surface area contributed by atoms with E-state index in [-0.39, 0.29) is 24.4 Å². The molecule has 1 aliphatic heterocycles. The molecule has 1 saturated heterocycles. The highest BCUT2D eigenvalue weighted by atomic mass is 16.6. The van der Waals surface area contributed by atoms with Crippen LogP contribution < -0.4 is 10.6 Å². The van der Waals surface area contributed by atoms with Crippen LogP contribution in [0.5, 0.6) is 0 Å². The highest BCUT2D eigenvalue weighted by molar-refractivity contribution is 5.88. The lowest BCUT2D eigenvalue weighted by Gasteiger charge is -2.32. The first-order chi connectivity index (χ1) is 12.2. The molecule has 1 aliphatic carbocycles. The Labute approximate surface area is 155 Å². The molecule has 3 amide bonds. The highest BCUT2D eigenvalue weighted by Gasteiger charge is 2.24. The van der Waals surface area contributed by atoms with E-state index >= 15 is 0 Å². The van der Waals surface area contributed by atoms with Crippen LogP contribution in [0.2, 0.25) is 0 Å². The zero-order valence-corrected chi connectivity index (χ0v) is 16.1. The van der Waals surface area contributed by atoms with Crippen LogP contribution in [-0.4, -0.2) is 54.1 Å². The summed E-state index contributed by atoms with van der Waals surface area (Å²) in [5, 5.41) is 5.53. The first-order valence-electron chi connectivity index (χ1n) is 9.47. The van der Waals surface area contributed by atoms with Gasteiger partial charge in [-0.15, -0.1) is 0 Å². The maximum absolute atomic E-state index is 12.2. The van der Waals surface area contributed by atoms with Gasteiger partial charge < -0.3 is 20.3 Å². The van der Waals surface area contributed by atoms with Gasteiger partial charge in [-0.1, -0.05) is 5.57 Å². The number of carbonyl (C=O) groups excluding carboxylic acids is 3. The molecule has 0 aromatic rings. The molecule has 1 saturated carbocycles. The molecule has 0 unspecified atom stereocenters. The molecule has 2 fully saturated rings. The van der Waals surface area contributed by atoms with Crippen LogP contribution in [0.4, 0.5) is 4.79 Å². The summed E-state index contributed by atoms with van der Waals surface area (Å²) in [6.07, 6.45) is 7.03. The number of hydrogen-bond donors (Lipinski definition) is 2. The summed E-state index contributed by atoms with van der Waals surface area (Å²) in [5.41, 5.74) is 0.653. The molecule has 7 nitrogen and oxygen atoms in total. The minimum Gasteiger partial charge on any atom is -0.444 e. The lowest BCUT2D eigenvalue weighted by molar-refractivity contribution is -0.131. The summed E-state index contributed by atoms with van der Waals surface area (Å²) >= 11 is 0. The van der Waals surface area contributed by atoms with E-state index < -0.39 is 11.7 Å². The Bertz CT molecular complexity index is 550. The average Bonchev–Trinajstić information content (AvgIpc) is 3.04. The van der Waals surface area contributed by atoms with Crippen molar-refractivity contribution >= 4 is 17.9 Å². The summed E-state index contributed by atoms with van der Waals surface area (Å²) in [6, 6.07) is 0.101. The van der Waals surface area contributed by atoms with E-state index in [1.165, 1.54) is 18.4 Å². The molecule has 0 radical (unpaired) electrons. The molecule has 2 aliphatic rings. The molecule has 26 heavy (non-hydrogen) atoms. The maximum atomic E-state index is 12.2. The highest BCUT2D eigenvalue weighted by Crippen LogP contribution is 2.23. The Hall–Kier alpha value is -2.05. The van der Waals surface area contributed by atoms with Crippen LogP contribution in [0.15, 0.2) is 11.6 Å². The third-order valence-corrected chi connectivity index (χ3v) is 4.56. The van der Waals surface area contributed by atoms with Crippen LogP contribution in [0.1, 0.15) is 59.3 Å². The van der Waals surface area contributed by atoms with Crippen LogP contribution in [0, 0.1) is 0 Å². The summed E-state index contributed by atoms with van der Waals surface area (Å²) < 4.78 is 5.12. The number of nitrogens with one attached hydrogen (secondary N) is 2. The molecule has 2 rings (SSSR count). The maximum Gasteiger partial charge on any atom is 0.408 e. The van der Waals surface area contributed by atoms with Crippen LogP contribution in [0.3, 0.4) is 0 Å². The zero-order chi connectivity index (χ0) is 19.2. The van der Waals surface area contributed by atoms with Gasteiger partial charge in [-0.2, -0.15) is 0 Å². The summed E-state index contributed by atoms with van der Waals surface area (Å²) in [4.78, 5) is 37.6. The third-order valence-electron chi connectivity index (χ3n) is 4.56. The predicted molar refractivity (Wildman–Crippen MR) is 98.5 cm³/mol. The number of hydrogen-bond acceptors (Lipinski definition) is 4. The largest absolute Gasteiger partial charge is 0.444 e. The molecule has 0 aromatic carbocycles. The van der Waals surface area contributed by atoms with Crippen molar-refractivity contribution < 1.29 is 19.1 Å². The molecule has 146 valence electrons. The second kappa shape index (κ2) is 9.05. The quantitative estimate of drug-likeness (QED) is 0.747. The Morgan fingerprint density at radius 1 is 1.15 bits per heavy atom. The molecular formula is C19H31N3O4. The fraction of sp³-hybridized carbons (Fsp3) is 0.737. The minimum atomic E-state index is -0.590. The van der Waals surface area contributed by atoms with Gasteiger partial charge in [0, 0.05) is 25.2 Å². The number of alkyl carbamates (subject to hydrolysis) is 1. The third kappa shape index (κ3) is 7.06. The van der Waals surface area contributed by atoms with E-state index in [2.05, 4.69) is 10.6 Å². The van der Waals surface area contributed by atoms with Crippen molar-refractivity contribution in [2.24, 2.45) is 0 Å². The molecule has 0 spiro atoms. The molecule has 0 atom stereocenters. The van der Waals surface area contributed by atoms with Crippen molar-refractivity contribution in [2.45, 2.75) is 70.9 Å². The van der Waals surface area contributed by atoms with Gasteiger partial charge in [-0.3, -0.25) is 9.59 Å². The lowest BCUT2D eigenvalue weighted by atomic mass is 10.0. The second-order valence-corrected chi connectivity index (χ2v) is 8.03. The van der Waals surface area contributed by atoms with Crippen LogP contribution in [-0.2, 0) is 14.3 Å². The van der Waals surface area contributed by atoms with Gasteiger partial charge >= 0.3 is 6.09 Å². The topological polar surface area (TPSA) is 87.7 Å². The van der Waals surface area contributed by atoms with Crippen LogP contribution >= 0.6 is 0 Å². The Morgan fingerprint density at radius 2 is 1.77 bits per heavy atom. The molecular weight excluding hydrogens is 334 g/mol. The van der Waals surface area contributed by atoms with Crippen molar-refractivity contribution in [3.63, 3.8) is 0 Å². The van der Waals surface area contributed by atoms with E-state index in [1.54, 1.807) is 31.7 Å². The number of allylic oxidation sites excluding steroid dienone is 1. The van der Waals surface area contributed by atoms with Gasteiger partial charge in [-0.25, -0.2) is 4.79 Å². The van der Waals surface area contributed by atoms with Gasteiger partial charge in [0.25, 0.3) is 0 Å². The molecule has 2 N–H and O–H groups in total. The van der Waals surface area contributed by atoms with Crippen molar-refractivity contribution in [3.8, 4) is 0 Å². The van der Waals surface area contributed by atoms with E-state index in [0.29, 0.717) is 13.1 Å². The minimum absolute atomic E-state index is 0.0155. The first-order valence-corrected chi connectivity index (χ1v) is 9.47. The number of nitrogens with zero attached hydrogens (tertiary/aromatic N) is 1. The Balaban J connectivity index is 1.67. The molecule has 0 aromatic heterocycles. The number of piperidine rings is 1. The van der Waals surface area contributed by atoms with E-state index in [0.717, 1.165) is 25.7 Å². The van der Waals surface area contributed by atoms with Crippen molar-refractivity contribution in [1.82, 2.24) is 15.5 Å². The van der Waals surface area contributed by atoms with Gasteiger partial charge in [0.2, 0.25) is 11.8 Å². The SMILES string of the molecule is CC(C)(C)OC(=O)NCC(=O)N1CCC(NC(=O)C=C2CCCC2)CC1. The van der Waals surface area contributed by atoms with Gasteiger partial charge in [0.05, 0.1) is 0 Å². The first kappa shape index (κ1) is 20.3. The average molecular weight is 365 g/mol. The monoisotopic (exact) mass is 365 g/mol. The number of ether oxygens (including phenoxy) is 1. The van der Waals surface area contributed by atoms with Crippen molar-refractivity contribution in [2.75, 3.05) is 19.6 Å². The normalized spacial score (nSPS) is 18.4.